The zero-order valence-electron chi connectivity index (χ0n) is 16.4. The van der Waals surface area contributed by atoms with Gasteiger partial charge in [0, 0.05) is 5.56 Å². The van der Waals surface area contributed by atoms with Gasteiger partial charge in [-0.1, -0.05) is 45.0 Å². The van der Waals surface area contributed by atoms with Crippen molar-refractivity contribution in [2.75, 3.05) is 0 Å². The maximum absolute atomic E-state index is 12.0. The fraction of sp³-hybridized carbons (Fsp3) is 0.364. The summed E-state index contributed by atoms with van der Waals surface area (Å²) in [5.74, 6) is -0.0904. The first-order chi connectivity index (χ1) is 12.7. The molecule has 5 heteroatoms. The lowest BCUT2D eigenvalue weighted by molar-refractivity contribution is -0.119. The number of carbonyl (C=O) groups excluding carboxylic acids is 2. The Labute approximate surface area is 160 Å². The number of primary amides is 1. The fourth-order valence-electron chi connectivity index (χ4n) is 2.48. The summed E-state index contributed by atoms with van der Waals surface area (Å²) in [4.78, 5) is 23.1. The van der Waals surface area contributed by atoms with E-state index in [0.29, 0.717) is 12.2 Å². The van der Waals surface area contributed by atoms with Gasteiger partial charge in [-0.05, 0) is 54.2 Å². The number of benzene rings is 2. The Morgan fingerprint density at radius 2 is 1.67 bits per heavy atom. The van der Waals surface area contributed by atoms with Crippen LogP contribution in [-0.2, 0) is 16.8 Å². The average Bonchev–Trinajstić information content (AvgIpc) is 2.67. The van der Waals surface area contributed by atoms with Crippen molar-refractivity contribution in [2.24, 2.45) is 5.73 Å². The Balaban J connectivity index is 1.93. The van der Waals surface area contributed by atoms with Crippen molar-refractivity contribution < 1.29 is 14.3 Å². The van der Waals surface area contributed by atoms with Crippen LogP contribution in [0.15, 0.2) is 48.5 Å². The third kappa shape index (κ3) is 5.58. The molecule has 2 amide bonds. The van der Waals surface area contributed by atoms with E-state index in [2.05, 4.69) is 38.2 Å². The van der Waals surface area contributed by atoms with Crippen LogP contribution in [0.2, 0.25) is 0 Å². The SMILES string of the molecule is CCC(C)(C)c1ccc(OCc2ccc(C(=O)NC(C)C(N)=O)cc2)cc1. The average molecular weight is 368 g/mol. The van der Waals surface area contributed by atoms with Crippen LogP contribution >= 0.6 is 0 Å². The number of carbonyl (C=O) groups is 2. The van der Waals surface area contributed by atoms with Crippen LogP contribution in [0.3, 0.4) is 0 Å². The smallest absolute Gasteiger partial charge is 0.251 e. The van der Waals surface area contributed by atoms with E-state index in [0.717, 1.165) is 17.7 Å². The predicted molar refractivity (Wildman–Crippen MR) is 107 cm³/mol. The number of hydrogen-bond donors (Lipinski definition) is 2. The summed E-state index contributed by atoms with van der Waals surface area (Å²) in [5, 5.41) is 2.55. The highest BCUT2D eigenvalue weighted by Crippen LogP contribution is 2.28. The minimum atomic E-state index is -0.707. The van der Waals surface area contributed by atoms with Crippen LogP contribution in [0.25, 0.3) is 0 Å². The third-order valence-electron chi connectivity index (χ3n) is 4.92. The summed E-state index contributed by atoms with van der Waals surface area (Å²) in [7, 11) is 0. The van der Waals surface area contributed by atoms with E-state index in [4.69, 9.17) is 10.5 Å². The molecular formula is C22H28N2O3. The molecule has 0 bridgehead atoms. The Morgan fingerprint density at radius 3 is 2.19 bits per heavy atom. The second-order valence-corrected chi connectivity index (χ2v) is 7.34. The van der Waals surface area contributed by atoms with Crippen molar-refractivity contribution in [1.82, 2.24) is 5.32 Å². The summed E-state index contributed by atoms with van der Waals surface area (Å²) < 4.78 is 5.83. The number of hydrogen-bond acceptors (Lipinski definition) is 3. The van der Waals surface area contributed by atoms with E-state index in [1.54, 1.807) is 19.1 Å². The molecule has 0 aliphatic heterocycles. The molecule has 1 atom stereocenters. The molecule has 5 nitrogen and oxygen atoms in total. The van der Waals surface area contributed by atoms with Gasteiger partial charge in [-0.25, -0.2) is 0 Å². The first-order valence-corrected chi connectivity index (χ1v) is 9.15. The molecular weight excluding hydrogens is 340 g/mol. The van der Waals surface area contributed by atoms with E-state index in [9.17, 15) is 9.59 Å². The number of rotatable bonds is 8. The van der Waals surface area contributed by atoms with Gasteiger partial charge in [0.2, 0.25) is 5.91 Å². The molecule has 0 saturated heterocycles. The molecule has 2 aromatic rings. The summed E-state index contributed by atoms with van der Waals surface area (Å²) >= 11 is 0. The summed E-state index contributed by atoms with van der Waals surface area (Å²) in [6, 6.07) is 14.5. The molecule has 3 N–H and O–H groups in total. The van der Waals surface area contributed by atoms with Crippen molar-refractivity contribution >= 4 is 11.8 Å². The predicted octanol–water partition coefficient (Wildman–Crippen LogP) is 3.56. The molecule has 0 aromatic heterocycles. The normalized spacial score (nSPS) is 12.3. The monoisotopic (exact) mass is 368 g/mol. The maximum atomic E-state index is 12.0. The fourth-order valence-corrected chi connectivity index (χ4v) is 2.48. The van der Waals surface area contributed by atoms with Crippen LogP contribution in [0.5, 0.6) is 5.75 Å². The topological polar surface area (TPSA) is 81.4 Å². The molecule has 0 saturated carbocycles. The first-order valence-electron chi connectivity index (χ1n) is 9.15. The van der Waals surface area contributed by atoms with Gasteiger partial charge >= 0.3 is 0 Å². The minimum Gasteiger partial charge on any atom is -0.489 e. The van der Waals surface area contributed by atoms with E-state index >= 15 is 0 Å². The molecule has 0 aliphatic carbocycles. The van der Waals surface area contributed by atoms with Crippen LogP contribution in [-0.4, -0.2) is 17.9 Å². The molecule has 2 aromatic carbocycles. The third-order valence-corrected chi connectivity index (χ3v) is 4.92. The van der Waals surface area contributed by atoms with Crippen molar-refractivity contribution in [3.05, 3.63) is 65.2 Å². The van der Waals surface area contributed by atoms with Crippen molar-refractivity contribution in [1.29, 1.82) is 0 Å². The zero-order chi connectivity index (χ0) is 20.0. The van der Waals surface area contributed by atoms with E-state index < -0.39 is 11.9 Å². The van der Waals surface area contributed by atoms with Crippen LogP contribution < -0.4 is 15.8 Å². The molecule has 2 rings (SSSR count). The van der Waals surface area contributed by atoms with Crippen LogP contribution in [0, 0.1) is 0 Å². The lowest BCUT2D eigenvalue weighted by Crippen LogP contribution is -2.42. The number of amides is 2. The second-order valence-electron chi connectivity index (χ2n) is 7.34. The number of nitrogens with two attached hydrogens (primary N) is 1. The lowest BCUT2D eigenvalue weighted by Gasteiger charge is -2.23. The Bertz CT molecular complexity index is 780. The van der Waals surface area contributed by atoms with Gasteiger partial charge in [0.05, 0.1) is 0 Å². The molecule has 27 heavy (non-hydrogen) atoms. The maximum Gasteiger partial charge on any atom is 0.251 e. The van der Waals surface area contributed by atoms with Crippen molar-refractivity contribution in [3.63, 3.8) is 0 Å². The standard InChI is InChI=1S/C22H28N2O3/c1-5-22(3,4)18-10-12-19(13-11-18)27-14-16-6-8-17(9-7-16)21(26)24-15(2)20(23)25/h6-13,15H,5,14H2,1-4H3,(H2,23,25)(H,24,26). The van der Waals surface area contributed by atoms with Gasteiger partial charge in [0.15, 0.2) is 0 Å². The first kappa shape index (κ1) is 20.5. The van der Waals surface area contributed by atoms with Gasteiger partial charge in [0.25, 0.3) is 5.91 Å². The second kappa shape index (κ2) is 8.71. The summed E-state index contributed by atoms with van der Waals surface area (Å²) in [5.41, 5.74) is 8.02. The molecule has 0 heterocycles. The van der Waals surface area contributed by atoms with Crippen LogP contribution in [0.1, 0.15) is 55.6 Å². The van der Waals surface area contributed by atoms with Gasteiger partial charge in [-0.2, -0.15) is 0 Å². The highest BCUT2D eigenvalue weighted by molar-refractivity contribution is 5.97. The molecule has 0 radical (unpaired) electrons. The lowest BCUT2D eigenvalue weighted by atomic mass is 9.82. The highest BCUT2D eigenvalue weighted by Gasteiger charge is 2.17. The zero-order valence-corrected chi connectivity index (χ0v) is 16.4. The van der Waals surface area contributed by atoms with E-state index in [-0.39, 0.29) is 11.3 Å². The van der Waals surface area contributed by atoms with Crippen molar-refractivity contribution in [2.45, 2.75) is 52.2 Å². The van der Waals surface area contributed by atoms with Gasteiger partial charge in [0.1, 0.15) is 18.4 Å². The Hall–Kier alpha value is -2.82. The van der Waals surface area contributed by atoms with Gasteiger partial charge in [-0.3, -0.25) is 9.59 Å². The van der Waals surface area contributed by atoms with Crippen molar-refractivity contribution in [3.8, 4) is 5.75 Å². The highest BCUT2D eigenvalue weighted by atomic mass is 16.5. The molecule has 0 aliphatic rings. The number of nitrogens with one attached hydrogen (secondary N) is 1. The largest absolute Gasteiger partial charge is 0.489 e. The summed E-state index contributed by atoms with van der Waals surface area (Å²) in [6.45, 7) is 8.60. The van der Waals surface area contributed by atoms with Gasteiger partial charge in [-0.15, -0.1) is 0 Å². The molecule has 144 valence electrons. The van der Waals surface area contributed by atoms with Gasteiger partial charge < -0.3 is 15.8 Å². The van der Waals surface area contributed by atoms with E-state index in [1.807, 2.05) is 24.3 Å². The minimum absolute atomic E-state index is 0.154. The van der Waals surface area contributed by atoms with E-state index in [1.165, 1.54) is 5.56 Å². The molecule has 0 fully saturated rings. The Morgan fingerprint density at radius 1 is 1.07 bits per heavy atom. The summed E-state index contributed by atoms with van der Waals surface area (Å²) in [6.07, 6.45) is 1.07. The quantitative estimate of drug-likeness (QED) is 0.747. The Kier molecular flexibility index (Phi) is 6.61. The molecule has 1 unspecified atom stereocenters. The van der Waals surface area contributed by atoms with Crippen LogP contribution in [0.4, 0.5) is 0 Å². The number of ether oxygens (including phenoxy) is 1. The molecule has 0 spiro atoms.